The minimum atomic E-state index is -5.08. The lowest BCUT2D eigenvalue weighted by molar-refractivity contribution is -0.208. The highest BCUT2D eigenvalue weighted by molar-refractivity contribution is 5.70. The van der Waals surface area contributed by atoms with E-state index in [1.54, 1.807) is 6.07 Å². The van der Waals surface area contributed by atoms with Gasteiger partial charge in [-0.05, 0) is 31.2 Å². The van der Waals surface area contributed by atoms with Crippen molar-refractivity contribution in [3.63, 3.8) is 0 Å². The summed E-state index contributed by atoms with van der Waals surface area (Å²) in [7, 11) is 0.921. The number of nitriles is 2. The van der Waals surface area contributed by atoms with Gasteiger partial charge in [0.05, 0.1) is 40.3 Å². The van der Waals surface area contributed by atoms with E-state index in [0.29, 0.717) is 15.8 Å². The van der Waals surface area contributed by atoms with Gasteiger partial charge < -0.3 is 0 Å². The predicted molar refractivity (Wildman–Crippen MR) is 94.0 cm³/mol. The largest absolute Gasteiger partial charge is 0.492 e. The van der Waals surface area contributed by atoms with Gasteiger partial charge in [0.25, 0.3) is 5.56 Å². The summed E-state index contributed by atoms with van der Waals surface area (Å²) < 4.78 is 41.4. The van der Waals surface area contributed by atoms with E-state index >= 15 is 0 Å². The summed E-state index contributed by atoms with van der Waals surface area (Å²) in [6, 6.07) is 9.57. The van der Waals surface area contributed by atoms with E-state index in [2.05, 4.69) is 5.10 Å². The summed E-state index contributed by atoms with van der Waals surface area (Å²) in [6.45, 7) is 0.975. The van der Waals surface area contributed by atoms with Crippen molar-refractivity contribution in [3.05, 3.63) is 68.1 Å². The molecule has 0 radical (unpaired) electrons. The van der Waals surface area contributed by atoms with Crippen LogP contribution >= 0.6 is 0 Å². The molecule has 11 heteroatoms. The molecule has 0 N–H and O–H groups in total. The Balaban J connectivity index is 2.44. The molecule has 2 aromatic heterocycles. The summed E-state index contributed by atoms with van der Waals surface area (Å²) in [5.41, 5.74) is -3.39. The molecule has 0 atom stereocenters. The highest BCUT2D eigenvalue weighted by Gasteiger charge is 2.37. The molecule has 0 unspecified atom stereocenters. The van der Waals surface area contributed by atoms with E-state index in [-0.39, 0.29) is 11.3 Å². The highest BCUT2D eigenvalue weighted by atomic mass is 19.4. The Labute approximate surface area is 160 Å². The van der Waals surface area contributed by atoms with Gasteiger partial charge in [0.1, 0.15) is 6.07 Å². The summed E-state index contributed by atoms with van der Waals surface area (Å²) >= 11 is 0. The molecule has 3 rings (SSSR count). The van der Waals surface area contributed by atoms with Crippen molar-refractivity contribution in [1.29, 1.82) is 10.5 Å². The Bertz CT molecular complexity index is 1310. The summed E-state index contributed by atoms with van der Waals surface area (Å²) in [5, 5.41) is 22.3. The van der Waals surface area contributed by atoms with Crippen LogP contribution < -0.4 is 11.2 Å². The van der Waals surface area contributed by atoms with Crippen molar-refractivity contribution < 1.29 is 13.2 Å². The van der Waals surface area contributed by atoms with E-state index in [1.807, 2.05) is 6.07 Å². The van der Waals surface area contributed by atoms with Crippen molar-refractivity contribution in [3.8, 4) is 29.1 Å². The van der Waals surface area contributed by atoms with Crippen LogP contribution in [0.5, 0.6) is 0 Å². The number of aromatic nitrogens is 4. The molecule has 0 saturated carbocycles. The van der Waals surface area contributed by atoms with Gasteiger partial charge in [0.2, 0.25) is 0 Å². The summed E-state index contributed by atoms with van der Waals surface area (Å²) in [6.07, 6.45) is -3.97. The zero-order chi connectivity index (χ0) is 21.5. The van der Waals surface area contributed by atoms with Crippen LogP contribution in [0.1, 0.15) is 16.8 Å². The van der Waals surface area contributed by atoms with E-state index in [1.165, 1.54) is 24.3 Å². The van der Waals surface area contributed by atoms with Gasteiger partial charge >= 0.3 is 12.0 Å². The quantitative estimate of drug-likeness (QED) is 0.653. The zero-order valence-electron chi connectivity index (χ0n) is 15.0. The molecule has 0 aliphatic rings. The number of benzene rings is 1. The van der Waals surface area contributed by atoms with Gasteiger partial charge in [-0.2, -0.15) is 15.6 Å². The van der Waals surface area contributed by atoms with Gasteiger partial charge in [0, 0.05) is 12.7 Å². The second-order valence-electron chi connectivity index (χ2n) is 6.00. The van der Waals surface area contributed by atoms with Crippen LogP contribution in [0.4, 0.5) is 13.2 Å². The van der Waals surface area contributed by atoms with Gasteiger partial charge in [-0.25, -0.2) is 14.0 Å². The van der Waals surface area contributed by atoms with Gasteiger partial charge in [-0.15, -0.1) is 13.2 Å². The second-order valence-corrected chi connectivity index (χ2v) is 6.00. The first-order valence-electron chi connectivity index (χ1n) is 8.00. The number of rotatable bonds is 2. The lowest BCUT2D eigenvalue weighted by Gasteiger charge is -2.18. The van der Waals surface area contributed by atoms with E-state index in [4.69, 9.17) is 5.26 Å². The minimum absolute atomic E-state index is 0.151. The molecule has 8 nitrogen and oxygen atoms in total. The molecule has 0 aliphatic heterocycles. The molecule has 0 fully saturated rings. The third-order valence-corrected chi connectivity index (χ3v) is 4.31. The second kappa shape index (κ2) is 6.80. The fraction of sp³-hybridized carbons (Fsp3) is 0.167. The van der Waals surface area contributed by atoms with Crippen molar-refractivity contribution in [2.24, 2.45) is 7.05 Å². The molecule has 0 spiro atoms. The van der Waals surface area contributed by atoms with Crippen LogP contribution in [0.15, 0.2) is 40.1 Å². The molecule has 2 heterocycles. The third kappa shape index (κ3) is 3.08. The maximum absolute atomic E-state index is 13.5. The smallest absolute Gasteiger partial charge is 0.268 e. The van der Waals surface area contributed by atoms with Crippen LogP contribution in [0.25, 0.3) is 16.9 Å². The number of halogens is 3. The molecular formula is C18H11F3N6O2. The summed E-state index contributed by atoms with van der Waals surface area (Å²) in [5.74, 6) is 0. The first kappa shape index (κ1) is 19.6. The van der Waals surface area contributed by atoms with Crippen LogP contribution in [-0.4, -0.2) is 18.9 Å². The fourth-order valence-corrected chi connectivity index (χ4v) is 2.93. The molecule has 146 valence electrons. The number of nitrogens with zero attached hydrogens (tertiary/aromatic N) is 6. The molecule has 0 bridgehead atoms. The summed E-state index contributed by atoms with van der Waals surface area (Å²) in [4.78, 5) is 24.8. The van der Waals surface area contributed by atoms with Crippen LogP contribution in [0.2, 0.25) is 0 Å². The van der Waals surface area contributed by atoms with Gasteiger partial charge in [0.15, 0.2) is 0 Å². The van der Waals surface area contributed by atoms with E-state index in [0.717, 1.165) is 24.9 Å². The normalized spacial score (nSPS) is 11.1. The molecule has 0 saturated heterocycles. The maximum Gasteiger partial charge on any atom is 0.492 e. The lowest BCUT2D eigenvalue weighted by Crippen LogP contribution is -2.44. The first-order chi connectivity index (χ1) is 13.6. The average Bonchev–Trinajstić information content (AvgIpc) is 3.09. The molecule has 3 aromatic rings. The Morgan fingerprint density at radius 3 is 2.21 bits per heavy atom. The Morgan fingerprint density at radius 1 is 1.07 bits per heavy atom. The topological polar surface area (TPSA) is 109 Å². The van der Waals surface area contributed by atoms with E-state index in [9.17, 15) is 28.0 Å². The minimum Gasteiger partial charge on any atom is -0.268 e. The predicted octanol–water partition coefficient (Wildman–Crippen LogP) is 1.93. The Morgan fingerprint density at radius 2 is 1.69 bits per heavy atom. The van der Waals surface area contributed by atoms with E-state index < -0.39 is 33.4 Å². The van der Waals surface area contributed by atoms with Gasteiger partial charge in [-0.1, -0.05) is 0 Å². The molecule has 0 aliphatic carbocycles. The Hall–Kier alpha value is -4.12. The van der Waals surface area contributed by atoms with Crippen LogP contribution in [0.3, 0.4) is 0 Å². The standard InChI is InChI=1S/C18H11F3N6O2/c1-10-14(16(28)25(2)17(29)26(10)18(19,20)21)15-12(8-23)9-24-27(15)13-5-3-11(7-22)4-6-13/h3-6,9H,1-2H3. The van der Waals surface area contributed by atoms with Crippen LogP contribution in [-0.2, 0) is 13.3 Å². The van der Waals surface area contributed by atoms with Crippen molar-refractivity contribution in [2.75, 3.05) is 0 Å². The Kier molecular flexibility index (Phi) is 4.60. The maximum atomic E-state index is 13.5. The van der Waals surface area contributed by atoms with Gasteiger partial charge in [-0.3, -0.25) is 9.36 Å². The molecular weight excluding hydrogens is 389 g/mol. The molecule has 1 aromatic carbocycles. The average molecular weight is 400 g/mol. The SMILES string of the molecule is Cc1c(-c2c(C#N)cnn2-c2ccc(C#N)cc2)c(=O)n(C)c(=O)n1C(F)(F)F. The number of alkyl halides is 3. The molecule has 0 amide bonds. The van der Waals surface area contributed by atoms with Crippen molar-refractivity contribution in [2.45, 2.75) is 13.2 Å². The van der Waals surface area contributed by atoms with Crippen LogP contribution in [0, 0.1) is 29.6 Å². The first-order valence-corrected chi connectivity index (χ1v) is 8.00. The number of hydrogen-bond acceptors (Lipinski definition) is 5. The monoisotopic (exact) mass is 400 g/mol. The third-order valence-electron chi connectivity index (χ3n) is 4.31. The zero-order valence-corrected chi connectivity index (χ0v) is 15.0. The molecule has 29 heavy (non-hydrogen) atoms. The highest BCUT2D eigenvalue weighted by Crippen LogP contribution is 2.29. The number of hydrogen-bond donors (Lipinski definition) is 0. The van der Waals surface area contributed by atoms with Crippen molar-refractivity contribution in [1.82, 2.24) is 18.9 Å². The van der Waals surface area contributed by atoms with Crippen molar-refractivity contribution >= 4 is 0 Å². The fourth-order valence-electron chi connectivity index (χ4n) is 2.93. The lowest BCUT2D eigenvalue weighted by atomic mass is 10.1.